The van der Waals surface area contributed by atoms with Gasteiger partial charge >= 0.3 is 11.7 Å². The van der Waals surface area contributed by atoms with Crippen molar-refractivity contribution in [1.82, 2.24) is 4.57 Å². The van der Waals surface area contributed by atoms with Gasteiger partial charge in [-0.3, -0.25) is 29.6 Å². The van der Waals surface area contributed by atoms with Gasteiger partial charge in [0.2, 0.25) is 5.75 Å². The maximum atomic E-state index is 13.9. The van der Waals surface area contributed by atoms with E-state index in [0.717, 1.165) is 40.0 Å². The third-order valence-electron chi connectivity index (χ3n) is 7.00. The summed E-state index contributed by atoms with van der Waals surface area (Å²) in [5.41, 5.74) is 0.608. The Morgan fingerprint density at radius 2 is 1.76 bits per heavy atom. The maximum absolute atomic E-state index is 13.9. The Morgan fingerprint density at radius 3 is 2.39 bits per heavy atom. The minimum Gasteiger partial charge on any atom is -0.493 e. The van der Waals surface area contributed by atoms with E-state index in [-0.39, 0.29) is 35.0 Å². The molecule has 3 aromatic carbocycles. The van der Waals surface area contributed by atoms with E-state index in [0.29, 0.717) is 20.6 Å². The number of carbonyl (C=O) groups is 1. The number of thiazole rings is 1. The number of hydrogen-bond donors (Lipinski definition) is 0. The van der Waals surface area contributed by atoms with E-state index in [1.165, 1.54) is 17.7 Å². The highest BCUT2D eigenvalue weighted by Gasteiger charge is 2.33. The summed E-state index contributed by atoms with van der Waals surface area (Å²) in [5, 5.41) is 22.7. The molecule has 0 spiro atoms. The quantitative estimate of drug-likeness (QED) is 0.0961. The number of esters is 1. The number of ether oxygens (including phenoxy) is 3. The summed E-state index contributed by atoms with van der Waals surface area (Å²) in [4.78, 5) is 54.2. The third-order valence-corrected chi connectivity index (χ3v) is 8.73. The molecule has 0 N–H and O–H groups in total. The number of non-ortho nitro benzene ring substituents is 1. The number of methoxy groups -OCH3 is 1. The number of carbonyl (C=O) groups excluding carboxylic acids is 1. The predicted molar refractivity (Wildman–Crippen MR) is 171 cm³/mol. The molecule has 0 amide bonds. The van der Waals surface area contributed by atoms with Gasteiger partial charge in [0.05, 0.1) is 51.5 Å². The zero-order valence-electron chi connectivity index (χ0n) is 24.9. The first-order valence-corrected chi connectivity index (χ1v) is 15.7. The Hall–Kier alpha value is -5.28. The second-order valence-corrected chi connectivity index (χ2v) is 11.6. The molecular formula is C31H26N4O9S2. The van der Waals surface area contributed by atoms with Crippen LogP contribution in [-0.2, 0) is 9.53 Å². The first-order valence-electron chi connectivity index (χ1n) is 13.7. The molecule has 0 bridgehead atoms. The van der Waals surface area contributed by atoms with Gasteiger partial charge in [-0.15, -0.1) is 11.8 Å². The van der Waals surface area contributed by atoms with Crippen LogP contribution in [0.5, 0.6) is 17.2 Å². The normalized spacial score (nSPS) is 14.3. The molecule has 0 radical (unpaired) electrons. The van der Waals surface area contributed by atoms with Crippen molar-refractivity contribution >= 4 is 46.5 Å². The second-order valence-electron chi connectivity index (χ2n) is 9.75. The lowest BCUT2D eigenvalue weighted by molar-refractivity contribution is -0.394. The van der Waals surface area contributed by atoms with Gasteiger partial charge < -0.3 is 14.2 Å². The molecule has 15 heteroatoms. The summed E-state index contributed by atoms with van der Waals surface area (Å²) in [5.74, 6) is -0.457. The van der Waals surface area contributed by atoms with E-state index in [1.807, 2.05) is 30.5 Å². The van der Waals surface area contributed by atoms with Crippen LogP contribution in [-0.4, -0.2) is 40.4 Å². The van der Waals surface area contributed by atoms with Crippen LogP contribution < -0.4 is 24.4 Å². The number of allylic oxidation sites excluding steroid dienone is 1. The Bertz CT molecular complexity index is 2090. The van der Waals surface area contributed by atoms with Crippen LogP contribution in [0, 0.1) is 20.2 Å². The number of thioether (sulfide) groups is 1. The van der Waals surface area contributed by atoms with Crippen LogP contribution in [0.3, 0.4) is 0 Å². The van der Waals surface area contributed by atoms with Crippen molar-refractivity contribution in [3.63, 3.8) is 0 Å². The molecule has 0 fully saturated rings. The molecular weight excluding hydrogens is 636 g/mol. The van der Waals surface area contributed by atoms with Crippen molar-refractivity contribution in [1.29, 1.82) is 0 Å². The molecule has 4 aromatic rings. The smallest absolute Gasteiger partial charge is 0.338 e. The average Bonchev–Trinajstić information content (AvgIpc) is 3.34. The number of fused-ring (bicyclic) bond motifs is 1. The van der Waals surface area contributed by atoms with Gasteiger partial charge in [0.1, 0.15) is 0 Å². The number of hydrogen-bond acceptors (Lipinski definition) is 12. The molecule has 13 nitrogen and oxygen atoms in total. The molecule has 1 atom stereocenters. The molecule has 236 valence electrons. The van der Waals surface area contributed by atoms with Crippen molar-refractivity contribution in [3.8, 4) is 17.2 Å². The van der Waals surface area contributed by atoms with Gasteiger partial charge in [-0.2, -0.15) is 0 Å². The van der Waals surface area contributed by atoms with E-state index >= 15 is 0 Å². The van der Waals surface area contributed by atoms with Gasteiger partial charge in [0.15, 0.2) is 16.3 Å². The van der Waals surface area contributed by atoms with Crippen LogP contribution in [0.4, 0.5) is 11.4 Å². The molecule has 1 aliphatic heterocycles. The zero-order chi connectivity index (χ0) is 33.1. The molecule has 1 aromatic heterocycles. The fourth-order valence-corrected chi connectivity index (χ4v) is 6.32. The van der Waals surface area contributed by atoms with Crippen molar-refractivity contribution < 1.29 is 28.9 Å². The van der Waals surface area contributed by atoms with Crippen LogP contribution in [0.15, 0.2) is 86.6 Å². The first kappa shape index (κ1) is 32.1. The Morgan fingerprint density at radius 1 is 1.04 bits per heavy atom. The van der Waals surface area contributed by atoms with Gasteiger partial charge in [-0.1, -0.05) is 29.5 Å². The van der Waals surface area contributed by atoms with E-state index < -0.39 is 33.2 Å². The molecule has 0 aliphatic carbocycles. The molecule has 0 saturated carbocycles. The SMILES string of the molecule is CCOC(=O)C1=C(C)N=c2s/c(=C\c3ccc(Oc4ccc([N+](=O)[O-])cc4[N+](=O)[O-])c(OC)c3)c(=O)n2[C@H]1c1ccc(SC)cc1. The highest BCUT2D eigenvalue weighted by atomic mass is 32.2. The van der Waals surface area contributed by atoms with Crippen molar-refractivity contribution in [2.75, 3.05) is 20.0 Å². The molecule has 5 rings (SSSR count). The standard InChI is InChI=1S/C31H26N4O9S2/c1-5-43-30(37)27-17(2)32-31-33(28(27)19-7-10-21(45-4)11-8-19)29(36)26(46-31)15-18-6-12-24(25(14-18)42-3)44-23-13-9-20(34(38)39)16-22(23)35(40)41/h6-16,28H,5H2,1-4H3/b26-15-/t28-/m0/s1. The first-order chi connectivity index (χ1) is 22.1. The van der Waals surface area contributed by atoms with Crippen molar-refractivity contribution in [2.45, 2.75) is 24.8 Å². The number of nitrogens with zero attached hydrogens (tertiary/aromatic N) is 4. The largest absolute Gasteiger partial charge is 0.493 e. The molecule has 1 aliphatic rings. The number of aromatic nitrogens is 1. The molecule has 0 unspecified atom stereocenters. The lowest BCUT2D eigenvalue weighted by Crippen LogP contribution is -2.39. The van der Waals surface area contributed by atoms with Crippen LogP contribution in [0.25, 0.3) is 6.08 Å². The van der Waals surface area contributed by atoms with E-state index in [1.54, 1.807) is 43.8 Å². The highest BCUT2D eigenvalue weighted by molar-refractivity contribution is 7.98. The molecule has 2 heterocycles. The summed E-state index contributed by atoms with van der Waals surface area (Å²) in [7, 11) is 1.38. The lowest BCUT2D eigenvalue weighted by atomic mass is 9.96. The number of nitro groups is 2. The van der Waals surface area contributed by atoms with Gasteiger partial charge in [-0.25, -0.2) is 9.79 Å². The summed E-state index contributed by atoms with van der Waals surface area (Å²) >= 11 is 2.73. The minimum atomic E-state index is -0.775. The minimum absolute atomic E-state index is 0.112. The summed E-state index contributed by atoms with van der Waals surface area (Å²) in [6.07, 6.45) is 3.60. The number of benzene rings is 3. The van der Waals surface area contributed by atoms with Crippen LogP contribution >= 0.6 is 23.1 Å². The number of nitro benzene ring substituents is 2. The molecule has 0 saturated heterocycles. The van der Waals surface area contributed by atoms with Gasteiger partial charge in [0.25, 0.3) is 11.2 Å². The highest BCUT2D eigenvalue weighted by Crippen LogP contribution is 2.38. The van der Waals surface area contributed by atoms with Crippen molar-refractivity contribution in [2.24, 2.45) is 4.99 Å². The lowest BCUT2D eigenvalue weighted by Gasteiger charge is -2.24. The average molecular weight is 663 g/mol. The zero-order valence-corrected chi connectivity index (χ0v) is 26.5. The van der Waals surface area contributed by atoms with Crippen LogP contribution in [0.1, 0.15) is 31.0 Å². The maximum Gasteiger partial charge on any atom is 0.338 e. The topological polar surface area (TPSA) is 165 Å². The van der Waals surface area contributed by atoms with Gasteiger partial charge in [0, 0.05) is 11.0 Å². The summed E-state index contributed by atoms with van der Waals surface area (Å²) < 4.78 is 18.4. The van der Waals surface area contributed by atoms with Crippen LogP contribution in [0.2, 0.25) is 0 Å². The Balaban J connectivity index is 1.57. The van der Waals surface area contributed by atoms with Gasteiger partial charge in [-0.05, 0) is 67.6 Å². The fourth-order valence-electron chi connectivity index (χ4n) is 4.87. The Labute approximate surface area is 269 Å². The molecule has 46 heavy (non-hydrogen) atoms. The fraction of sp³-hybridized carbons (Fsp3) is 0.194. The van der Waals surface area contributed by atoms with E-state index in [4.69, 9.17) is 14.2 Å². The second kappa shape index (κ2) is 13.4. The number of rotatable bonds is 10. The monoisotopic (exact) mass is 662 g/mol. The third kappa shape index (κ3) is 6.27. The van der Waals surface area contributed by atoms with E-state index in [9.17, 15) is 29.8 Å². The summed E-state index contributed by atoms with van der Waals surface area (Å²) in [6.45, 7) is 3.59. The van der Waals surface area contributed by atoms with E-state index in [2.05, 4.69) is 4.99 Å². The predicted octanol–water partition coefficient (Wildman–Crippen LogP) is 5.14. The Kier molecular flexibility index (Phi) is 9.34. The van der Waals surface area contributed by atoms with Crippen molar-refractivity contribution in [3.05, 3.63) is 123 Å². The summed E-state index contributed by atoms with van der Waals surface area (Å²) in [6, 6.07) is 14.6.